The van der Waals surface area contributed by atoms with Crippen LogP contribution in [-0.4, -0.2) is 24.1 Å². The Morgan fingerprint density at radius 2 is 2.29 bits per heavy atom. The molecule has 1 saturated carbocycles. The highest BCUT2D eigenvalue weighted by Crippen LogP contribution is 2.30. The van der Waals surface area contributed by atoms with E-state index in [1.807, 2.05) is 0 Å². The third kappa shape index (κ3) is 3.46. The van der Waals surface area contributed by atoms with Crippen LogP contribution in [0.4, 0.5) is 6.01 Å². The summed E-state index contributed by atoms with van der Waals surface area (Å²) in [6.07, 6.45) is 4.32. The zero-order chi connectivity index (χ0) is 12.3. The molecule has 1 aliphatic carbocycles. The van der Waals surface area contributed by atoms with E-state index in [1.165, 1.54) is 12.8 Å². The Labute approximate surface area is 103 Å². The molecule has 0 amide bonds. The fraction of sp³-hybridized carbons (Fsp3) is 0.769. The first-order valence-electron chi connectivity index (χ1n) is 6.62. The molecule has 1 fully saturated rings. The maximum atomic E-state index is 5.55. The lowest BCUT2D eigenvalue weighted by molar-refractivity contribution is 0.528. The second kappa shape index (κ2) is 5.54. The van der Waals surface area contributed by atoms with E-state index in [1.54, 1.807) is 6.26 Å². The fourth-order valence-corrected chi connectivity index (χ4v) is 1.93. The lowest BCUT2D eigenvalue weighted by atomic mass is 10.2. The van der Waals surface area contributed by atoms with Gasteiger partial charge in [-0.25, -0.2) is 0 Å². The zero-order valence-electron chi connectivity index (χ0n) is 11.1. The van der Waals surface area contributed by atoms with Crippen LogP contribution in [0.3, 0.4) is 0 Å². The second-order valence-corrected chi connectivity index (χ2v) is 5.16. The van der Waals surface area contributed by atoms with Gasteiger partial charge in [-0.05, 0) is 32.2 Å². The summed E-state index contributed by atoms with van der Waals surface area (Å²) in [6, 6.07) is 1.45. The molecule has 4 nitrogen and oxygen atoms in total. The summed E-state index contributed by atoms with van der Waals surface area (Å²) in [4.78, 5) is 6.79. The van der Waals surface area contributed by atoms with E-state index < -0.39 is 0 Å². The molecule has 1 aliphatic rings. The Morgan fingerprint density at radius 3 is 2.88 bits per heavy atom. The normalized spacial score (nSPS) is 15.5. The highest BCUT2D eigenvalue weighted by atomic mass is 16.4. The van der Waals surface area contributed by atoms with Crippen LogP contribution in [0.2, 0.25) is 0 Å². The van der Waals surface area contributed by atoms with Gasteiger partial charge >= 0.3 is 0 Å². The summed E-state index contributed by atoms with van der Waals surface area (Å²) >= 11 is 0. The molecule has 0 unspecified atom stereocenters. The molecular formula is C13H23N3O. The van der Waals surface area contributed by atoms with Crippen LogP contribution in [0.5, 0.6) is 0 Å². The lowest BCUT2D eigenvalue weighted by Gasteiger charge is -2.16. The third-order valence-corrected chi connectivity index (χ3v) is 2.97. The van der Waals surface area contributed by atoms with Crippen molar-refractivity contribution in [1.29, 1.82) is 0 Å². The van der Waals surface area contributed by atoms with Crippen LogP contribution in [-0.2, 0) is 6.54 Å². The van der Waals surface area contributed by atoms with Gasteiger partial charge in [-0.1, -0.05) is 13.8 Å². The Bertz CT molecular complexity index is 344. The summed E-state index contributed by atoms with van der Waals surface area (Å²) < 4.78 is 5.55. The minimum Gasteiger partial charge on any atom is -0.432 e. The molecule has 1 aromatic heterocycles. The first-order valence-corrected chi connectivity index (χ1v) is 6.62. The van der Waals surface area contributed by atoms with Crippen LogP contribution in [0.1, 0.15) is 39.3 Å². The van der Waals surface area contributed by atoms with Gasteiger partial charge in [0, 0.05) is 19.1 Å². The first kappa shape index (κ1) is 12.4. The Hall–Kier alpha value is -1.03. The Kier molecular flexibility index (Phi) is 4.05. The molecule has 0 spiro atoms. The van der Waals surface area contributed by atoms with E-state index in [2.05, 4.69) is 36.0 Å². The quantitative estimate of drug-likeness (QED) is 0.790. The minimum atomic E-state index is 0.662. The number of hydrogen-bond acceptors (Lipinski definition) is 4. The molecule has 0 saturated heterocycles. The van der Waals surface area contributed by atoms with Crippen molar-refractivity contribution in [2.24, 2.45) is 5.92 Å². The summed E-state index contributed by atoms with van der Waals surface area (Å²) in [5, 5.41) is 3.38. The van der Waals surface area contributed by atoms with Gasteiger partial charge in [-0.2, -0.15) is 4.98 Å². The van der Waals surface area contributed by atoms with Gasteiger partial charge in [-0.15, -0.1) is 0 Å². The van der Waals surface area contributed by atoms with Crippen LogP contribution in [0, 0.1) is 5.92 Å². The molecule has 0 aliphatic heterocycles. The van der Waals surface area contributed by atoms with Crippen LogP contribution in [0.15, 0.2) is 10.7 Å². The van der Waals surface area contributed by atoms with E-state index in [0.717, 1.165) is 31.3 Å². The molecule has 96 valence electrons. The number of aromatic nitrogens is 1. The van der Waals surface area contributed by atoms with Crippen molar-refractivity contribution < 1.29 is 4.42 Å². The molecule has 0 bridgehead atoms. The Morgan fingerprint density at radius 1 is 1.53 bits per heavy atom. The standard InChI is InChI=1S/C13H23N3O/c1-4-16(12-5-6-12)13-15-11(9-17-13)8-14-7-10(2)3/h9-10,12,14H,4-8H2,1-3H3. The van der Waals surface area contributed by atoms with Gasteiger partial charge in [0.15, 0.2) is 0 Å². The van der Waals surface area contributed by atoms with Gasteiger partial charge in [0.2, 0.25) is 0 Å². The Balaban J connectivity index is 1.86. The molecule has 4 heteroatoms. The van der Waals surface area contributed by atoms with E-state index in [-0.39, 0.29) is 0 Å². The predicted octanol–water partition coefficient (Wildman–Crippen LogP) is 2.41. The monoisotopic (exact) mass is 237 g/mol. The second-order valence-electron chi connectivity index (χ2n) is 5.16. The first-order chi connectivity index (χ1) is 8.20. The van der Waals surface area contributed by atoms with E-state index in [4.69, 9.17) is 4.42 Å². The maximum Gasteiger partial charge on any atom is 0.297 e. The number of anilines is 1. The fourth-order valence-electron chi connectivity index (χ4n) is 1.93. The molecule has 0 radical (unpaired) electrons. The summed E-state index contributed by atoms with van der Waals surface area (Å²) in [7, 11) is 0. The molecular weight excluding hydrogens is 214 g/mol. The average Bonchev–Trinajstić information content (AvgIpc) is 3.00. The molecule has 1 aromatic rings. The molecule has 0 aromatic carbocycles. The molecule has 2 rings (SSSR count). The van der Waals surface area contributed by atoms with Crippen molar-refractivity contribution in [3.8, 4) is 0 Å². The molecule has 1 N–H and O–H groups in total. The van der Waals surface area contributed by atoms with Gasteiger partial charge in [0.05, 0.1) is 5.69 Å². The van der Waals surface area contributed by atoms with Crippen LogP contribution in [0.25, 0.3) is 0 Å². The van der Waals surface area contributed by atoms with E-state index in [0.29, 0.717) is 12.0 Å². The van der Waals surface area contributed by atoms with Crippen LogP contribution >= 0.6 is 0 Å². The van der Waals surface area contributed by atoms with Crippen molar-refractivity contribution in [3.63, 3.8) is 0 Å². The SMILES string of the molecule is CCN(c1nc(CNCC(C)C)co1)C1CC1. The number of nitrogens with one attached hydrogen (secondary N) is 1. The summed E-state index contributed by atoms with van der Waals surface area (Å²) in [5.74, 6) is 0.667. The van der Waals surface area contributed by atoms with Gasteiger partial charge in [0.25, 0.3) is 6.01 Å². The third-order valence-electron chi connectivity index (χ3n) is 2.97. The number of hydrogen-bond donors (Lipinski definition) is 1. The number of nitrogens with zero attached hydrogens (tertiary/aromatic N) is 2. The summed E-state index contributed by atoms with van der Waals surface area (Å²) in [5.41, 5.74) is 1.000. The maximum absolute atomic E-state index is 5.55. The number of rotatable bonds is 7. The molecule has 1 heterocycles. The average molecular weight is 237 g/mol. The van der Waals surface area contributed by atoms with Gasteiger partial charge in [0.1, 0.15) is 6.26 Å². The molecule has 0 atom stereocenters. The van der Waals surface area contributed by atoms with Crippen molar-refractivity contribution in [2.45, 2.75) is 46.2 Å². The van der Waals surface area contributed by atoms with Crippen molar-refractivity contribution >= 4 is 6.01 Å². The number of oxazole rings is 1. The topological polar surface area (TPSA) is 41.3 Å². The van der Waals surface area contributed by atoms with Gasteiger partial charge < -0.3 is 14.6 Å². The van der Waals surface area contributed by atoms with Crippen LogP contribution < -0.4 is 10.2 Å². The van der Waals surface area contributed by atoms with Crippen molar-refractivity contribution in [1.82, 2.24) is 10.3 Å². The van der Waals surface area contributed by atoms with E-state index >= 15 is 0 Å². The largest absolute Gasteiger partial charge is 0.432 e. The predicted molar refractivity (Wildman–Crippen MR) is 69.1 cm³/mol. The minimum absolute atomic E-state index is 0.662. The summed E-state index contributed by atoms with van der Waals surface area (Å²) in [6.45, 7) is 9.34. The van der Waals surface area contributed by atoms with Gasteiger partial charge in [-0.3, -0.25) is 0 Å². The van der Waals surface area contributed by atoms with E-state index in [9.17, 15) is 0 Å². The highest BCUT2D eigenvalue weighted by Gasteiger charge is 2.30. The van der Waals surface area contributed by atoms with Crippen molar-refractivity contribution in [2.75, 3.05) is 18.0 Å². The smallest absolute Gasteiger partial charge is 0.297 e. The molecule has 17 heavy (non-hydrogen) atoms. The van der Waals surface area contributed by atoms with Crippen molar-refractivity contribution in [3.05, 3.63) is 12.0 Å². The lowest BCUT2D eigenvalue weighted by Crippen LogP contribution is -2.25. The highest BCUT2D eigenvalue weighted by molar-refractivity contribution is 5.31. The zero-order valence-corrected chi connectivity index (χ0v) is 11.1.